The van der Waals surface area contributed by atoms with Crippen LogP contribution in [0.25, 0.3) is 16.9 Å². The average molecular weight is 360 g/mol. The van der Waals surface area contributed by atoms with Gasteiger partial charge in [-0.05, 0) is 19.1 Å². The van der Waals surface area contributed by atoms with Crippen molar-refractivity contribution in [2.24, 2.45) is 0 Å². The number of benzene rings is 1. The molecule has 0 bridgehead atoms. The first-order valence-electron chi connectivity index (χ1n) is 7.48. The Morgan fingerprint density at radius 2 is 2.00 bits per heavy atom. The Labute approximate surface area is 145 Å². The number of halogens is 3. The minimum Gasteiger partial charge on any atom is -0.461 e. The third kappa shape index (κ3) is 3.09. The van der Waals surface area contributed by atoms with Crippen molar-refractivity contribution >= 4 is 11.6 Å². The summed E-state index contributed by atoms with van der Waals surface area (Å²) < 4.78 is 44.6. The Bertz CT molecular complexity index is 1020. The normalized spacial score (nSPS) is 11.3. The van der Waals surface area contributed by atoms with Crippen LogP contribution in [0, 0.1) is 11.3 Å². The van der Waals surface area contributed by atoms with Gasteiger partial charge in [-0.1, -0.05) is 12.1 Å². The van der Waals surface area contributed by atoms with Gasteiger partial charge in [-0.15, -0.1) is 0 Å². The molecule has 0 unspecified atom stereocenters. The number of carbonyl (C=O) groups is 1. The smallest absolute Gasteiger partial charge is 0.416 e. The van der Waals surface area contributed by atoms with Crippen LogP contribution in [0.2, 0.25) is 0 Å². The summed E-state index contributed by atoms with van der Waals surface area (Å²) in [4.78, 5) is 19.9. The van der Waals surface area contributed by atoms with Crippen molar-refractivity contribution in [3.63, 3.8) is 0 Å². The average Bonchev–Trinajstić information content (AvgIpc) is 2.99. The van der Waals surface area contributed by atoms with E-state index < -0.39 is 17.7 Å². The van der Waals surface area contributed by atoms with Crippen LogP contribution in [0.3, 0.4) is 0 Å². The fourth-order valence-corrected chi connectivity index (χ4v) is 2.44. The van der Waals surface area contributed by atoms with Gasteiger partial charge in [0.15, 0.2) is 17.0 Å². The number of fused-ring (bicyclic) bond motifs is 1. The maximum Gasteiger partial charge on any atom is 0.416 e. The monoisotopic (exact) mass is 360 g/mol. The fourth-order valence-electron chi connectivity index (χ4n) is 2.44. The van der Waals surface area contributed by atoms with Crippen LogP contribution < -0.4 is 0 Å². The maximum absolute atomic E-state index is 12.7. The van der Waals surface area contributed by atoms with Crippen LogP contribution in [0.1, 0.15) is 28.7 Å². The molecule has 132 valence electrons. The lowest BCUT2D eigenvalue weighted by atomic mass is 10.1. The summed E-state index contributed by atoms with van der Waals surface area (Å²) in [6.45, 7) is 1.81. The van der Waals surface area contributed by atoms with Gasteiger partial charge in [0.05, 0.1) is 24.1 Å². The standard InChI is InChI=1S/C17H11F3N4O2/c1-2-26-16(25)13-9-24-14(8-22-13)23-12(7-21)15(24)10-3-5-11(6-4-10)17(18,19)20/h3-6,8-9H,2H2,1H3. The summed E-state index contributed by atoms with van der Waals surface area (Å²) in [5, 5.41) is 9.31. The Morgan fingerprint density at radius 3 is 2.58 bits per heavy atom. The van der Waals surface area contributed by atoms with Gasteiger partial charge in [0.2, 0.25) is 0 Å². The largest absolute Gasteiger partial charge is 0.461 e. The summed E-state index contributed by atoms with van der Waals surface area (Å²) in [6, 6.07) is 6.24. The molecule has 2 heterocycles. The molecule has 0 saturated heterocycles. The molecule has 9 heteroatoms. The van der Waals surface area contributed by atoms with Crippen molar-refractivity contribution in [3.05, 3.63) is 53.6 Å². The third-order valence-corrected chi connectivity index (χ3v) is 3.59. The van der Waals surface area contributed by atoms with E-state index >= 15 is 0 Å². The summed E-state index contributed by atoms with van der Waals surface area (Å²) in [7, 11) is 0. The van der Waals surface area contributed by atoms with Crippen molar-refractivity contribution < 1.29 is 22.7 Å². The zero-order valence-corrected chi connectivity index (χ0v) is 13.4. The van der Waals surface area contributed by atoms with E-state index in [0.29, 0.717) is 5.56 Å². The highest BCUT2D eigenvalue weighted by atomic mass is 19.4. The number of nitrogens with zero attached hydrogens (tertiary/aromatic N) is 4. The number of carbonyl (C=O) groups excluding carboxylic acids is 1. The Kier molecular flexibility index (Phi) is 4.34. The van der Waals surface area contributed by atoms with Gasteiger partial charge in [-0.25, -0.2) is 14.8 Å². The molecule has 0 atom stereocenters. The second kappa shape index (κ2) is 6.48. The van der Waals surface area contributed by atoms with E-state index in [1.54, 1.807) is 6.92 Å². The SMILES string of the molecule is CCOC(=O)c1cn2c(-c3ccc(C(F)(F)F)cc3)c(C#N)nc2cn1. The van der Waals surface area contributed by atoms with Gasteiger partial charge >= 0.3 is 12.1 Å². The number of hydrogen-bond donors (Lipinski definition) is 0. The quantitative estimate of drug-likeness (QED) is 0.668. The highest BCUT2D eigenvalue weighted by Gasteiger charge is 2.30. The number of imidazole rings is 1. The van der Waals surface area contributed by atoms with Crippen LogP contribution >= 0.6 is 0 Å². The van der Waals surface area contributed by atoms with Gasteiger partial charge in [-0.3, -0.25) is 4.40 Å². The molecule has 1 aromatic carbocycles. The predicted octanol–water partition coefficient (Wildman–Crippen LogP) is 3.46. The summed E-state index contributed by atoms with van der Waals surface area (Å²) >= 11 is 0. The molecule has 0 aliphatic rings. The summed E-state index contributed by atoms with van der Waals surface area (Å²) in [5.74, 6) is -0.653. The number of rotatable bonds is 3. The van der Waals surface area contributed by atoms with E-state index in [2.05, 4.69) is 9.97 Å². The fraction of sp³-hybridized carbons (Fsp3) is 0.176. The van der Waals surface area contributed by atoms with Crippen LogP contribution in [-0.2, 0) is 10.9 Å². The molecule has 0 amide bonds. The van der Waals surface area contributed by atoms with Crippen LogP contribution in [0.5, 0.6) is 0 Å². The molecular formula is C17H11F3N4O2. The topological polar surface area (TPSA) is 80.3 Å². The molecule has 0 radical (unpaired) electrons. The molecule has 0 aliphatic carbocycles. The number of esters is 1. The maximum atomic E-state index is 12.7. The molecule has 0 spiro atoms. The van der Waals surface area contributed by atoms with Crippen LogP contribution in [0.15, 0.2) is 36.7 Å². The molecule has 0 saturated carbocycles. The minimum atomic E-state index is -4.46. The zero-order chi connectivity index (χ0) is 18.9. The number of ether oxygens (including phenoxy) is 1. The van der Waals surface area contributed by atoms with Crippen molar-refractivity contribution in [1.82, 2.24) is 14.4 Å². The first kappa shape index (κ1) is 17.4. The molecule has 26 heavy (non-hydrogen) atoms. The second-order valence-corrected chi connectivity index (χ2v) is 5.22. The predicted molar refractivity (Wildman–Crippen MR) is 84.1 cm³/mol. The highest BCUT2D eigenvalue weighted by Crippen LogP contribution is 2.32. The molecule has 0 aliphatic heterocycles. The Morgan fingerprint density at radius 1 is 1.31 bits per heavy atom. The van der Waals surface area contributed by atoms with Crippen LogP contribution in [0.4, 0.5) is 13.2 Å². The summed E-state index contributed by atoms with van der Waals surface area (Å²) in [5.41, 5.74) is 0.0983. The number of aromatic nitrogens is 3. The lowest BCUT2D eigenvalue weighted by Crippen LogP contribution is -2.08. The van der Waals surface area contributed by atoms with E-state index in [4.69, 9.17) is 4.74 Å². The molecule has 2 aromatic heterocycles. The molecule has 3 rings (SSSR count). The molecular weight excluding hydrogens is 349 g/mol. The van der Waals surface area contributed by atoms with Crippen molar-refractivity contribution in [2.45, 2.75) is 13.1 Å². The van der Waals surface area contributed by atoms with Gasteiger partial charge in [0, 0.05) is 11.8 Å². The van der Waals surface area contributed by atoms with Crippen molar-refractivity contribution in [1.29, 1.82) is 5.26 Å². The number of hydrogen-bond acceptors (Lipinski definition) is 5. The van der Waals surface area contributed by atoms with E-state index in [1.807, 2.05) is 6.07 Å². The first-order valence-corrected chi connectivity index (χ1v) is 7.48. The lowest BCUT2D eigenvalue weighted by Gasteiger charge is -2.08. The first-order chi connectivity index (χ1) is 12.3. The second-order valence-electron chi connectivity index (χ2n) is 5.22. The molecule has 6 nitrogen and oxygen atoms in total. The molecule has 0 N–H and O–H groups in total. The minimum absolute atomic E-state index is 0.00518. The molecule has 3 aromatic rings. The van der Waals surface area contributed by atoms with Gasteiger partial charge < -0.3 is 4.74 Å². The number of nitriles is 1. The van der Waals surface area contributed by atoms with E-state index in [9.17, 15) is 23.2 Å². The van der Waals surface area contributed by atoms with E-state index in [1.165, 1.54) is 28.9 Å². The Balaban J connectivity index is 2.16. The van der Waals surface area contributed by atoms with E-state index in [-0.39, 0.29) is 29.3 Å². The summed E-state index contributed by atoms with van der Waals surface area (Å²) in [6.07, 6.45) is -1.83. The van der Waals surface area contributed by atoms with Crippen molar-refractivity contribution in [3.8, 4) is 17.3 Å². The van der Waals surface area contributed by atoms with Crippen molar-refractivity contribution in [2.75, 3.05) is 6.61 Å². The van der Waals surface area contributed by atoms with Gasteiger partial charge in [0.1, 0.15) is 6.07 Å². The number of alkyl halides is 3. The lowest BCUT2D eigenvalue weighted by molar-refractivity contribution is -0.137. The zero-order valence-electron chi connectivity index (χ0n) is 13.4. The third-order valence-electron chi connectivity index (χ3n) is 3.59. The van der Waals surface area contributed by atoms with E-state index in [0.717, 1.165) is 12.1 Å². The van der Waals surface area contributed by atoms with Gasteiger partial charge in [0.25, 0.3) is 0 Å². The Hall–Kier alpha value is -3.41. The van der Waals surface area contributed by atoms with Crippen LogP contribution in [-0.4, -0.2) is 26.9 Å². The van der Waals surface area contributed by atoms with Gasteiger partial charge in [-0.2, -0.15) is 18.4 Å². The highest BCUT2D eigenvalue weighted by molar-refractivity contribution is 5.87. The molecule has 0 fully saturated rings.